The zero-order valence-corrected chi connectivity index (χ0v) is 16.1. The van der Waals surface area contributed by atoms with Crippen molar-refractivity contribution in [3.8, 4) is 11.5 Å². The molecule has 0 aliphatic heterocycles. The first-order valence-corrected chi connectivity index (χ1v) is 9.03. The standard InChI is InChI=1S/C22H22N4O2/c1-15-4-7-18(28-13-16-5-8-17(27-3)9-6-16)10-19(15)25-22-11-21-20(12-23-22)24-14-26(21)2/h4-12,14H,13H2,1-3H3,(H,23,25). The Morgan fingerprint density at radius 3 is 2.57 bits per heavy atom. The van der Waals surface area contributed by atoms with Crippen molar-refractivity contribution in [2.24, 2.45) is 7.05 Å². The SMILES string of the molecule is COc1ccc(COc2ccc(C)c(Nc3cc4c(cn3)ncn4C)c2)cc1. The first-order valence-electron chi connectivity index (χ1n) is 9.03. The molecule has 0 saturated heterocycles. The van der Waals surface area contributed by atoms with Crippen LogP contribution in [0.15, 0.2) is 61.1 Å². The van der Waals surface area contributed by atoms with Gasteiger partial charge in [-0.3, -0.25) is 0 Å². The number of imidazole rings is 1. The van der Waals surface area contributed by atoms with Crippen LogP contribution in [0.3, 0.4) is 0 Å². The number of pyridine rings is 1. The number of nitrogens with one attached hydrogen (secondary N) is 1. The number of benzene rings is 2. The predicted molar refractivity (Wildman–Crippen MR) is 110 cm³/mol. The second-order valence-electron chi connectivity index (χ2n) is 6.65. The molecule has 0 unspecified atom stereocenters. The maximum absolute atomic E-state index is 5.96. The third-order valence-electron chi connectivity index (χ3n) is 4.65. The van der Waals surface area contributed by atoms with Gasteiger partial charge in [0, 0.05) is 24.9 Å². The highest BCUT2D eigenvalue weighted by Gasteiger charge is 2.06. The monoisotopic (exact) mass is 374 g/mol. The van der Waals surface area contributed by atoms with Gasteiger partial charge in [-0.25, -0.2) is 9.97 Å². The van der Waals surface area contributed by atoms with Crippen molar-refractivity contribution >= 4 is 22.5 Å². The van der Waals surface area contributed by atoms with E-state index in [1.165, 1.54) is 0 Å². The maximum Gasteiger partial charge on any atom is 0.132 e. The molecule has 4 aromatic rings. The molecule has 0 bridgehead atoms. The van der Waals surface area contributed by atoms with E-state index in [9.17, 15) is 0 Å². The van der Waals surface area contributed by atoms with Crippen LogP contribution in [0.5, 0.6) is 11.5 Å². The molecule has 0 fully saturated rings. The van der Waals surface area contributed by atoms with Gasteiger partial charge in [0.15, 0.2) is 0 Å². The lowest BCUT2D eigenvalue weighted by Crippen LogP contribution is -1.99. The average molecular weight is 374 g/mol. The van der Waals surface area contributed by atoms with Crippen LogP contribution in [0.25, 0.3) is 11.0 Å². The summed E-state index contributed by atoms with van der Waals surface area (Å²) in [5, 5.41) is 3.39. The van der Waals surface area contributed by atoms with E-state index in [2.05, 4.69) is 22.2 Å². The highest BCUT2D eigenvalue weighted by atomic mass is 16.5. The fourth-order valence-electron chi connectivity index (χ4n) is 2.95. The number of nitrogens with zero attached hydrogens (tertiary/aromatic N) is 3. The number of ether oxygens (including phenoxy) is 2. The van der Waals surface area contributed by atoms with E-state index in [0.29, 0.717) is 6.61 Å². The van der Waals surface area contributed by atoms with Crippen LogP contribution >= 0.6 is 0 Å². The summed E-state index contributed by atoms with van der Waals surface area (Å²) in [7, 11) is 3.63. The third-order valence-corrected chi connectivity index (χ3v) is 4.65. The summed E-state index contributed by atoms with van der Waals surface area (Å²) >= 11 is 0. The van der Waals surface area contributed by atoms with Gasteiger partial charge in [0.25, 0.3) is 0 Å². The molecule has 28 heavy (non-hydrogen) atoms. The van der Waals surface area contributed by atoms with E-state index in [1.54, 1.807) is 19.6 Å². The smallest absolute Gasteiger partial charge is 0.132 e. The number of fused-ring (bicyclic) bond motifs is 1. The highest BCUT2D eigenvalue weighted by molar-refractivity contribution is 5.78. The summed E-state index contributed by atoms with van der Waals surface area (Å²) < 4.78 is 13.1. The molecular weight excluding hydrogens is 352 g/mol. The van der Waals surface area contributed by atoms with Crippen LogP contribution in [-0.4, -0.2) is 21.6 Å². The number of rotatable bonds is 6. The minimum Gasteiger partial charge on any atom is -0.497 e. The minimum absolute atomic E-state index is 0.492. The zero-order valence-electron chi connectivity index (χ0n) is 16.1. The van der Waals surface area contributed by atoms with Crippen molar-refractivity contribution in [2.45, 2.75) is 13.5 Å². The van der Waals surface area contributed by atoms with Gasteiger partial charge in [-0.1, -0.05) is 18.2 Å². The number of aryl methyl sites for hydroxylation is 2. The minimum atomic E-state index is 0.492. The van der Waals surface area contributed by atoms with Gasteiger partial charge < -0.3 is 19.4 Å². The molecular formula is C22H22N4O2. The van der Waals surface area contributed by atoms with Gasteiger partial charge in [0.05, 0.1) is 25.2 Å². The summed E-state index contributed by atoms with van der Waals surface area (Å²) in [6, 6.07) is 15.9. The lowest BCUT2D eigenvalue weighted by Gasteiger charge is -2.12. The first-order chi connectivity index (χ1) is 13.6. The predicted octanol–water partition coefficient (Wildman–Crippen LogP) is 4.61. The molecule has 142 valence electrons. The van der Waals surface area contributed by atoms with E-state index < -0.39 is 0 Å². The molecule has 0 radical (unpaired) electrons. The van der Waals surface area contributed by atoms with Gasteiger partial charge in [-0.05, 0) is 36.2 Å². The van der Waals surface area contributed by atoms with Gasteiger partial charge in [-0.2, -0.15) is 0 Å². The second kappa shape index (κ2) is 7.60. The van der Waals surface area contributed by atoms with E-state index in [1.807, 2.05) is 60.1 Å². The van der Waals surface area contributed by atoms with Crippen molar-refractivity contribution in [3.63, 3.8) is 0 Å². The lowest BCUT2D eigenvalue weighted by molar-refractivity contribution is 0.306. The normalized spacial score (nSPS) is 10.8. The molecule has 6 heteroatoms. The largest absolute Gasteiger partial charge is 0.497 e. The molecule has 0 spiro atoms. The van der Waals surface area contributed by atoms with Crippen molar-refractivity contribution in [2.75, 3.05) is 12.4 Å². The molecule has 2 heterocycles. The molecule has 6 nitrogen and oxygen atoms in total. The van der Waals surface area contributed by atoms with Gasteiger partial charge in [0.1, 0.15) is 29.4 Å². The number of anilines is 2. The second-order valence-corrected chi connectivity index (χ2v) is 6.65. The number of hydrogen-bond donors (Lipinski definition) is 1. The number of aromatic nitrogens is 3. The third kappa shape index (κ3) is 3.76. The van der Waals surface area contributed by atoms with Gasteiger partial charge in [-0.15, -0.1) is 0 Å². The number of hydrogen-bond acceptors (Lipinski definition) is 5. The van der Waals surface area contributed by atoms with E-state index in [-0.39, 0.29) is 0 Å². The Morgan fingerprint density at radius 1 is 1.00 bits per heavy atom. The summed E-state index contributed by atoms with van der Waals surface area (Å²) in [6.07, 6.45) is 3.56. The Morgan fingerprint density at radius 2 is 1.79 bits per heavy atom. The van der Waals surface area contributed by atoms with Gasteiger partial charge >= 0.3 is 0 Å². The fourth-order valence-corrected chi connectivity index (χ4v) is 2.95. The van der Waals surface area contributed by atoms with Crippen LogP contribution in [0.1, 0.15) is 11.1 Å². The molecule has 4 rings (SSSR count). The molecule has 2 aromatic heterocycles. The fraction of sp³-hybridized carbons (Fsp3) is 0.182. The quantitative estimate of drug-likeness (QED) is 0.534. The van der Waals surface area contributed by atoms with Crippen LogP contribution < -0.4 is 14.8 Å². The molecule has 0 aliphatic carbocycles. The molecule has 2 aromatic carbocycles. The Kier molecular flexibility index (Phi) is 4.85. The number of methoxy groups -OCH3 is 1. The molecule has 0 aliphatic rings. The van der Waals surface area contributed by atoms with Crippen molar-refractivity contribution < 1.29 is 9.47 Å². The summed E-state index contributed by atoms with van der Waals surface area (Å²) in [5.41, 5.74) is 5.06. The van der Waals surface area contributed by atoms with Crippen LogP contribution in [0.2, 0.25) is 0 Å². The van der Waals surface area contributed by atoms with Crippen LogP contribution in [0.4, 0.5) is 11.5 Å². The van der Waals surface area contributed by atoms with Crippen molar-refractivity contribution in [1.82, 2.24) is 14.5 Å². The lowest BCUT2D eigenvalue weighted by atomic mass is 10.2. The van der Waals surface area contributed by atoms with E-state index in [4.69, 9.17) is 9.47 Å². The van der Waals surface area contributed by atoms with Crippen molar-refractivity contribution in [3.05, 3.63) is 72.2 Å². The highest BCUT2D eigenvalue weighted by Crippen LogP contribution is 2.26. The zero-order chi connectivity index (χ0) is 19.5. The summed E-state index contributed by atoms with van der Waals surface area (Å²) in [6.45, 7) is 2.55. The van der Waals surface area contributed by atoms with E-state index in [0.717, 1.165) is 45.2 Å². The Bertz CT molecular complexity index is 1100. The van der Waals surface area contributed by atoms with Crippen molar-refractivity contribution in [1.29, 1.82) is 0 Å². The topological polar surface area (TPSA) is 61.2 Å². The maximum atomic E-state index is 5.96. The molecule has 0 atom stereocenters. The average Bonchev–Trinajstić information content (AvgIpc) is 3.09. The summed E-state index contributed by atoms with van der Waals surface area (Å²) in [5.74, 6) is 2.40. The molecule has 0 amide bonds. The van der Waals surface area contributed by atoms with Gasteiger partial charge in [0.2, 0.25) is 0 Å². The molecule has 0 saturated carbocycles. The summed E-state index contributed by atoms with van der Waals surface area (Å²) in [4.78, 5) is 8.76. The Balaban J connectivity index is 1.50. The first kappa shape index (κ1) is 17.9. The molecule has 1 N–H and O–H groups in total. The Labute approximate surface area is 163 Å². The van der Waals surface area contributed by atoms with Crippen LogP contribution in [0, 0.1) is 6.92 Å². The van der Waals surface area contributed by atoms with Crippen LogP contribution in [-0.2, 0) is 13.7 Å². The van der Waals surface area contributed by atoms with E-state index >= 15 is 0 Å². The Hall–Kier alpha value is -3.54.